The van der Waals surface area contributed by atoms with Gasteiger partial charge in [0.2, 0.25) is 5.89 Å². The highest BCUT2D eigenvalue weighted by Crippen LogP contribution is 2.24. The lowest BCUT2D eigenvalue weighted by molar-refractivity contribution is 0.0945. The Balaban J connectivity index is 1.44. The summed E-state index contributed by atoms with van der Waals surface area (Å²) >= 11 is 12.2. The Morgan fingerprint density at radius 3 is 2.09 bits per heavy atom. The standard InChI is InChI=1S/C26H21Cl2F2N3O2/c27-22-10-5-19(11-23(22)28)14-33(13-18-3-8-21(30)9-4-18)15-25-32-24(16-35-25)26(34)31-12-17-1-6-20(29)7-2-17/h1-11,16H,12-15H2,(H,31,34). The second kappa shape index (κ2) is 11.4. The van der Waals surface area contributed by atoms with E-state index in [1.54, 1.807) is 36.4 Å². The SMILES string of the molecule is O=C(NCc1ccc(F)cc1)c1coc(CN(Cc2ccc(F)cc2)Cc2ccc(Cl)c(Cl)c2)n1. The van der Waals surface area contributed by atoms with Crippen LogP contribution in [0.15, 0.2) is 77.4 Å². The Labute approximate surface area is 211 Å². The predicted octanol–water partition coefficient (Wildman–Crippen LogP) is 6.39. The molecule has 4 rings (SSSR count). The topological polar surface area (TPSA) is 58.4 Å². The van der Waals surface area contributed by atoms with Crippen LogP contribution in [0.5, 0.6) is 0 Å². The highest BCUT2D eigenvalue weighted by Gasteiger charge is 2.16. The number of oxazole rings is 1. The van der Waals surface area contributed by atoms with Crippen molar-refractivity contribution >= 4 is 29.1 Å². The number of carbonyl (C=O) groups is 1. The Morgan fingerprint density at radius 1 is 0.829 bits per heavy atom. The molecule has 0 saturated carbocycles. The monoisotopic (exact) mass is 515 g/mol. The molecule has 5 nitrogen and oxygen atoms in total. The maximum atomic E-state index is 13.3. The molecule has 9 heteroatoms. The maximum Gasteiger partial charge on any atom is 0.273 e. The molecule has 1 heterocycles. The zero-order valence-corrected chi connectivity index (χ0v) is 20.0. The summed E-state index contributed by atoms with van der Waals surface area (Å²) in [6.45, 7) is 1.50. The lowest BCUT2D eigenvalue weighted by Crippen LogP contribution is -2.24. The van der Waals surface area contributed by atoms with Crippen molar-refractivity contribution in [2.24, 2.45) is 0 Å². The van der Waals surface area contributed by atoms with E-state index in [1.165, 1.54) is 30.5 Å². The van der Waals surface area contributed by atoms with Gasteiger partial charge < -0.3 is 9.73 Å². The fourth-order valence-corrected chi connectivity index (χ4v) is 3.79. The first kappa shape index (κ1) is 24.9. The average molecular weight is 516 g/mol. The first-order chi connectivity index (χ1) is 16.9. The van der Waals surface area contributed by atoms with Crippen LogP contribution in [0.3, 0.4) is 0 Å². The van der Waals surface area contributed by atoms with Crippen LogP contribution < -0.4 is 5.32 Å². The van der Waals surface area contributed by atoms with Gasteiger partial charge in [-0.3, -0.25) is 9.69 Å². The number of hydrogen-bond donors (Lipinski definition) is 1. The van der Waals surface area contributed by atoms with Crippen molar-refractivity contribution < 1.29 is 18.0 Å². The molecule has 1 amide bonds. The lowest BCUT2D eigenvalue weighted by Gasteiger charge is -2.21. The smallest absolute Gasteiger partial charge is 0.273 e. The van der Waals surface area contributed by atoms with Crippen molar-refractivity contribution in [2.45, 2.75) is 26.2 Å². The molecular formula is C26H21Cl2F2N3O2. The Kier molecular flexibility index (Phi) is 8.13. The normalized spacial score (nSPS) is 11.1. The van der Waals surface area contributed by atoms with Gasteiger partial charge >= 0.3 is 0 Å². The van der Waals surface area contributed by atoms with Crippen molar-refractivity contribution in [1.29, 1.82) is 0 Å². The third kappa shape index (κ3) is 7.11. The minimum Gasteiger partial charge on any atom is -0.447 e. The van der Waals surface area contributed by atoms with E-state index < -0.39 is 5.91 Å². The zero-order valence-electron chi connectivity index (χ0n) is 18.5. The fourth-order valence-electron chi connectivity index (χ4n) is 3.47. The molecule has 1 aromatic heterocycles. The molecule has 0 saturated heterocycles. The summed E-state index contributed by atoms with van der Waals surface area (Å²) in [6.07, 6.45) is 1.30. The van der Waals surface area contributed by atoms with E-state index in [4.69, 9.17) is 27.6 Å². The van der Waals surface area contributed by atoms with Crippen molar-refractivity contribution in [3.8, 4) is 0 Å². The second-order valence-electron chi connectivity index (χ2n) is 7.96. The highest BCUT2D eigenvalue weighted by molar-refractivity contribution is 6.42. The largest absolute Gasteiger partial charge is 0.447 e. The summed E-state index contributed by atoms with van der Waals surface area (Å²) in [5.41, 5.74) is 2.72. The molecular weight excluding hydrogens is 495 g/mol. The molecule has 35 heavy (non-hydrogen) atoms. The lowest BCUT2D eigenvalue weighted by atomic mass is 10.1. The van der Waals surface area contributed by atoms with Gasteiger partial charge in [0.15, 0.2) is 5.69 Å². The van der Waals surface area contributed by atoms with Crippen LogP contribution in [0.1, 0.15) is 33.1 Å². The summed E-state index contributed by atoms with van der Waals surface area (Å²) < 4.78 is 31.9. The van der Waals surface area contributed by atoms with E-state index in [-0.39, 0.29) is 23.9 Å². The van der Waals surface area contributed by atoms with E-state index in [0.717, 1.165) is 16.7 Å². The van der Waals surface area contributed by atoms with Gasteiger partial charge in [-0.05, 0) is 53.1 Å². The van der Waals surface area contributed by atoms with Crippen LogP contribution in [0.4, 0.5) is 8.78 Å². The summed E-state index contributed by atoms with van der Waals surface area (Å²) in [5.74, 6) is -0.709. The molecule has 0 atom stereocenters. The van der Waals surface area contributed by atoms with Crippen molar-refractivity contribution in [3.05, 3.63) is 123 Å². The number of amides is 1. The molecule has 0 fully saturated rings. The van der Waals surface area contributed by atoms with Crippen LogP contribution >= 0.6 is 23.2 Å². The van der Waals surface area contributed by atoms with Gasteiger partial charge in [0, 0.05) is 19.6 Å². The molecule has 1 N–H and O–H groups in total. The maximum absolute atomic E-state index is 13.3. The summed E-state index contributed by atoms with van der Waals surface area (Å²) in [7, 11) is 0. The highest BCUT2D eigenvalue weighted by atomic mass is 35.5. The van der Waals surface area contributed by atoms with Gasteiger partial charge in [-0.15, -0.1) is 0 Å². The predicted molar refractivity (Wildman–Crippen MR) is 130 cm³/mol. The average Bonchev–Trinajstić information content (AvgIpc) is 3.31. The Bertz CT molecular complexity index is 1290. The summed E-state index contributed by atoms with van der Waals surface area (Å²) in [5, 5.41) is 3.65. The van der Waals surface area contributed by atoms with Crippen molar-refractivity contribution in [2.75, 3.05) is 0 Å². The molecule has 3 aromatic carbocycles. The van der Waals surface area contributed by atoms with Gasteiger partial charge in [-0.1, -0.05) is 53.5 Å². The molecule has 0 aliphatic rings. The molecule has 0 radical (unpaired) electrons. The number of nitrogens with one attached hydrogen (secondary N) is 1. The van der Waals surface area contributed by atoms with Gasteiger partial charge in [0.05, 0.1) is 16.6 Å². The number of hydrogen-bond acceptors (Lipinski definition) is 4. The number of nitrogens with zero attached hydrogens (tertiary/aromatic N) is 2. The molecule has 180 valence electrons. The molecule has 0 aliphatic heterocycles. The fraction of sp³-hybridized carbons (Fsp3) is 0.154. The summed E-state index contributed by atoms with van der Waals surface area (Å²) in [4.78, 5) is 18.8. The third-order valence-corrected chi connectivity index (χ3v) is 5.96. The minimum atomic E-state index is -0.404. The number of carbonyl (C=O) groups excluding carboxylic acids is 1. The van der Waals surface area contributed by atoms with Gasteiger partial charge in [-0.25, -0.2) is 13.8 Å². The van der Waals surface area contributed by atoms with Crippen LogP contribution in [0.2, 0.25) is 10.0 Å². The first-order valence-corrected chi connectivity index (χ1v) is 11.5. The van der Waals surface area contributed by atoms with Crippen LogP contribution in [0, 0.1) is 11.6 Å². The van der Waals surface area contributed by atoms with Crippen molar-refractivity contribution in [1.82, 2.24) is 15.2 Å². The minimum absolute atomic E-state index is 0.137. The Morgan fingerprint density at radius 2 is 1.43 bits per heavy atom. The van der Waals surface area contributed by atoms with Crippen LogP contribution in [-0.4, -0.2) is 15.8 Å². The van der Waals surface area contributed by atoms with Crippen molar-refractivity contribution in [3.63, 3.8) is 0 Å². The molecule has 0 spiro atoms. The van der Waals surface area contributed by atoms with Gasteiger partial charge in [-0.2, -0.15) is 0 Å². The van der Waals surface area contributed by atoms with E-state index in [2.05, 4.69) is 10.3 Å². The van der Waals surface area contributed by atoms with E-state index >= 15 is 0 Å². The molecule has 4 aromatic rings. The summed E-state index contributed by atoms with van der Waals surface area (Å²) in [6, 6.07) is 17.5. The number of benzene rings is 3. The molecule has 0 aliphatic carbocycles. The first-order valence-electron chi connectivity index (χ1n) is 10.7. The van der Waals surface area contributed by atoms with E-state index in [0.29, 0.717) is 35.6 Å². The van der Waals surface area contributed by atoms with E-state index in [1.807, 2.05) is 11.0 Å². The van der Waals surface area contributed by atoms with Crippen LogP contribution in [-0.2, 0) is 26.2 Å². The number of aromatic nitrogens is 1. The van der Waals surface area contributed by atoms with E-state index in [9.17, 15) is 13.6 Å². The van der Waals surface area contributed by atoms with Gasteiger partial charge in [0.25, 0.3) is 5.91 Å². The second-order valence-corrected chi connectivity index (χ2v) is 8.77. The Hall–Kier alpha value is -3.26. The quantitative estimate of drug-likeness (QED) is 0.280. The molecule has 0 unspecified atom stereocenters. The number of halogens is 4. The zero-order chi connectivity index (χ0) is 24.8. The molecule has 0 bridgehead atoms. The van der Waals surface area contributed by atoms with Crippen LogP contribution in [0.25, 0.3) is 0 Å². The van der Waals surface area contributed by atoms with Gasteiger partial charge in [0.1, 0.15) is 17.9 Å². The number of rotatable bonds is 9. The third-order valence-electron chi connectivity index (χ3n) is 5.22.